The Morgan fingerprint density at radius 2 is 1.60 bits per heavy atom. The summed E-state index contributed by atoms with van der Waals surface area (Å²) in [6.07, 6.45) is 0.302. The third-order valence-electron chi connectivity index (χ3n) is 1.97. The maximum absolute atomic E-state index is 11.3. The Labute approximate surface area is 131 Å². The number of aliphatic hydroxyl groups excluding tert-OH is 1. The van der Waals surface area contributed by atoms with Gasteiger partial charge < -0.3 is 9.66 Å². The Hall–Kier alpha value is 0.327. The van der Waals surface area contributed by atoms with E-state index in [2.05, 4.69) is 0 Å². The van der Waals surface area contributed by atoms with Gasteiger partial charge in [0.1, 0.15) is 25.4 Å². The molecule has 0 fully saturated rings. The molecule has 20 heavy (non-hydrogen) atoms. The SMILES string of the molecule is CS(=O)(=O)CCCS(=O)(=O)NCCC(O)S(=O)(=O)[O-].[Li+]. The van der Waals surface area contributed by atoms with Gasteiger partial charge in [-0.1, -0.05) is 0 Å². The number of sulfonamides is 1. The van der Waals surface area contributed by atoms with E-state index in [0.29, 0.717) is 0 Å². The fraction of sp³-hybridized carbons (Fsp3) is 1.00. The predicted molar refractivity (Wildman–Crippen MR) is 66.4 cm³/mol. The smallest absolute Gasteiger partial charge is 0.746 e. The summed E-state index contributed by atoms with van der Waals surface area (Å²) in [5.74, 6) is -0.730. The standard InChI is InChI=1S/C7H17NO8S3.Li/c1-17(10,11)5-2-6-18(12,13)8-4-3-7(9)19(14,15)16;/h7-9H,2-6H2,1H3,(H,14,15,16);/q;+1/p-1. The van der Waals surface area contributed by atoms with Crippen molar-refractivity contribution in [2.24, 2.45) is 0 Å². The number of hydrogen-bond acceptors (Lipinski definition) is 8. The molecule has 2 N–H and O–H groups in total. The molecule has 1 unspecified atom stereocenters. The summed E-state index contributed by atoms with van der Waals surface area (Å²) in [6, 6.07) is 0. The topological polar surface area (TPSA) is 158 Å². The first-order valence-electron chi connectivity index (χ1n) is 5.11. The van der Waals surface area contributed by atoms with E-state index in [1.54, 1.807) is 0 Å². The maximum atomic E-state index is 11.3. The molecule has 0 aromatic heterocycles. The average Bonchev–Trinajstić information content (AvgIpc) is 2.12. The van der Waals surface area contributed by atoms with Crippen LogP contribution in [0.2, 0.25) is 0 Å². The number of nitrogens with one attached hydrogen (secondary N) is 1. The fourth-order valence-electron chi connectivity index (χ4n) is 1.07. The van der Waals surface area contributed by atoms with Crippen LogP contribution in [0.5, 0.6) is 0 Å². The fourth-order valence-corrected chi connectivity index (χ4v) is 3.42. The van der Waals surface area contributed by atoms with E-state index >= 15 is 0 Å². The zero-order valence-electron chi connectivity index (χ0n) is 11.1. The summed E-state index contributed by atoms with van der Waals surface area (Å²) in [5, 5.41) is 8.85. The van der Waals surface area contributed by atoms with Crippen LogP contribution in [0.3, 0.4) is 0 Å². The van der Waals surface area contributed by atoms with Crippen LogP contribution in [-0.4, -0.2) is 64.7 Å². The van der Waals surface area contributed by atoms with E-state index in [9.17, 15) is 29.8 Å². The molecule has 0 saturated carbocycles. The van der Waals surface area contributed by atoms with Crippen LogP contribution in [0, 0.1) is 0 Å². The van der Waals surface area contributed by atoms with Gasteiger partial charge in [0.25, 0.3) is 0 Å². The summed E-state index contributed by atoms with van der Waals surface area (Å²) in [7, 11) is -11.9. The molecule has 0 amide bonds. The summed E-state index contributed by atoms with van der Waals surface area (Å²) in [4.78, 5) is 0. The van der Waals surface area contributed by atoms with Gasteiger partial charge in [-0.05, 0) is 6.42 Å². The van der Waals surface area contributed by atoms with Crippen molar-refractivity contribution in [3.8, 4) is 0 Å². The van der Waals surface area contributed by atoms with Crippen LogP contribution in [0.25, 0.3) is 0 Å². The number of rotatable bonds is 9. The van der Waals surface area contributed by atoms with E-state index in [1.807, 2.05) is 4.72 Å². The van der Waals surface area contributed by atoms with Crippen LogP contribution in [-0.2, 0) is 30.0 Å². The minimum atomic E-state index is -4.87. The molecule has 0 bridgehead atoms. The van der Waals surface area contributed by atoms with Gasteiger partial charge >= 0.3 is 18.9 Å². The van der Waals surface area contributed by atoms with Crippen LogP contribution in [0.15, 0.2) is 0 Å². The molecule has 0 aliphatic heterocycles. The monoisotopic (exact) mass is 345 g/mol. The van der Waals surface area contributed by atoms with E-state index in [-0.39, 0.29) is 31.0 Å². The Balaban J connectivity index is 0. The predicted octanol–water partition coefficient (Wildman–Crippen LogP) is -5.40. The second-order valence-corrected chi connectivity index (χ2v) is 9.65. The molecular formula is C7H16LiNO8S3. The molecule has 13 heteroatoms. The van der Waals surface area contributed by atoms with E-state index in [4.69, 9.17) is 5.11 Å². The van der Waals surface area contributed by atoms with Crippen molar-refractivity contribution in [1.82, 2.24) is 4.72 Å². The number of sulfone groups is 1. The van der Waals surface area contributed by atoms with Crippen LogP contribution in [0.1, 0.15) is 12.8 Å². The van der Waals surface area contributed by atoms with Gasteiger partial charge in [-0.15, -0.1) is 0 Å². The third-order valence-corrected chi connectivity index (χ3v) is 5.38. The van der Waals surface area contributed by atoms with E-state index < -0.39 is 54.1 Å². The van der Waals surface area contributed by atoms with Gasteiger partial charge in [-0.3, -0.25) is 0 Å². The van der Waals surface area contributed by atoms with Crippen molar-refractivity contribution in [2.45, 2.75) is 18.3 Å². The first kappa shape index (κ1) is 22.6. The second kappa shape index (κ2) is 8.69. The van der Waals surface area contributed by atoms with Gasteiger partial charge in [0, 0.05) is 19.2 Å². The molecule has 0 aliphatic rings. The van der Waals surface area contributed by atoms with Crippen molar-refractivity contribution < 1.29 is 53.8 Å². The maximum Gasteiger partial charge on any atom is 1.00 e. The van der Waals surface area contributed by atoms with Crippen LogP contribution < -0.4 is 23.6 Å². The molecule has 0 radical (unpaired) electrons. The van der Waals surface area contributed by atoms with Crippen molar-refractivity contribution in [3.63, 3.8) is 0 Å². The number of aliphatic hydroxyl groups is 1. The molecule has 116 valence electrons. The van der Waals surface area contributed by atoms with Gasteiger partial charge in [0.15, 0.2) is 0 Å². The first-order chi connectivity index (χ1) is 8.33. The Kier molecular flexibility index (Phi) is 9.83. The summed E-state index contributed by atoms with van der Waals surface area (Å²) >= 11 is 0. The molecule has 0 aliphatic carbocycles. The molecule has 1 atom stereocenters. The van der Waals surface area contributed by atoms with Gasteiger partial charge in [0.05, 0.1) is 11.5 Å². The van der Waals surface area contributed by atoms with Gasteiger partial charge in [-0.2, -0.15) is 0 Å². The summed E-state index contributed by atoms with van der Waals surface area (Å²) in [6.45, 7) is -0.427. The largest absolute Gasteiger partial charge is 1.00 e. The molecular weight excluding hydrogens is 329 g/mol. The van der Waals surface area contributed by atoms with Gasteiger partial charge in [0.2, 0.25) is 10.0 Å². The second-order valence-electron chi connectivity index (χ2n) is 3.93. The molecule has 0 spiro atoms. The third kappa shape index (κ3) is 12.1. The van der Waals surface area contributed by atoms with Crippen molar-refractivity contribution in [3.05, 3.63) is 0 Å². The molecule has 9 nitrogen and oxygen atoms in total. The molecule has 0 heterocycles. The summed E-state index contributed by atoms with van der Waals surface area (Å²) < 4.78 is 77.1. The Morgan fingerprint density at radius 3 is 2.00 bits per heavy atom. The zero-order chi connectivity index (χ0) is 15.3. The van der Waals surface area contributed by atoms with Crippen LogP contribution >= 0.6 is 0 Å². The Morgan fingerprint density at radius 1 is 1.10 bits per heavy atom. The normalized spacial score (nSPS) is 14.6. The summed E-state index contributed by atoms with van der Waals surface area (Å²) in [5.41, 5.74) is -2.17. The number of hydrogen-bond donors (Lipinski definition) is 2. The Bertz CT molecular complexity index is 582. The first-order valence-corrected chi connectivity index (χ1v) is 10.3. The minimum absolute atomic E-state index is 0. The van der Waals surface area contributed by atoms with Crippen LogP contribution in [0.4, 0.5) is 0 Å². The van der Waals surface area contributed by atoms with Gasteiger partial charge in [-0.25, -0.2) is 30.0 Å². The van der Waals surface area contributed by atoms with Crippen molar-refractivity contribution in [2.75, 3.05) is 24.3 Å². The zero-order valence-corrected chi connectivity index (χ0v) is 13.6. The molecule has 0 saturated heterocycles. The van der Waals surface area contributed by atoms with E-state index in [1.165, 1.54) is 0 Å². The molecule has 0 rings (SSSR count). The average molecular weight is 345 g/mol. The molecule has 0 aromatic carbocycles. The quantitative estimate of drug-likeness (QED) is 0.309. The minimum Gasteiger partial charge on any atom is -0.746 e. The van der Waals surface area contributed by atoms with E-state index in [0.717, 1.165) is 6.26 Å². The molecule has 0 aromatic rings. The van der Waals surface area contributed by atoms with Crippen molar-refractivity contribution >= 4 is 30.0 Å². The van der Waals surface area contributed by atoms with Crippen molar-refractivity contribution in [1.29, 1.82) is 0 Å².